The van der Waals surface area contributed by atoms with Crippen molar-refractivity contribution in [3.63, 3.8) is 0 Å². The average molecular weight is 304 g/mol. The average Bonchev–Trinajstić information content (AvgIpc) is 2.43. The van der Waals surface area contributed by atoms with Crippen molar-refractivity contribution in [2.24, 2.45) is 11.3 Å². The van der Waals surface area contributed by atoms with E-state index in [1.165, 1.54) is 30.4 Å². The van der Waals surface area contributed by atoms with Crippen LogP contribution in [-0.4, -0.2) is 22.9 Å². The molecule has 0 radical (unpaired) electrons. The van der Waals surface area contributed by atoms with Gasteiger partial charge in [-0.15, -0.1) is 0 Å². The number of allylic oxidation sites excluding steroid dienone is 5. The first kappa shape index (κ1) is 18.9. The third-order valence-electron chi connectivity index (χ3n) is 4.62. The van der Waals surface area contributed by atoms with Crippen LogP contribution in [0, 0.1) is 11.3 Å². The lowest BCUT2D eigenvalue weighted by Gasteiger charge is -2.33. The highest BCUT2D eigenvalue weighted by atomic mass is 16.3. The smallest absolute Gasteiger partial charge is 0.0784 e. The molecule has 2 nitrogen and oxygen atoms in total. The van der Waals surface area contributed by atoms with Crippen LogP contribution < -0.4 is 0 Å². The molecule has 0 spiro atoms. The van der Waals surface area contributed by atoms with E-state index in [4.69, 9.17) is 5.11 Å². The maximum atomic E-state index is 10.2. The fraction of sp³-hybridized carbons (Fsp3) is 0.600. The minimum absolute atomic E-state index is 0.0320. The Morgan fingerprint density at radius 3 is 2.59 bits per heavy atom. The fourth-order valence-corrected chi connectivity index (χ4v) is 3.01. The summed E-state index contributed by atoms with van der Waals surface area (Å²) in [6, 6.07) is 0. The molecule has 0 fully saturated rings. The van der Waals surface area contributed by atoms with Gasteiger partial charge in [0, 0.05) is 5.92 Å². The van der Waals surface area contributed by atoms with Crippen molar-refractivity contribution in [3.05, 3.63) is 47.1 Å². The van der Waals surface area contributed by atoms with E-state index in [0.717, 1.165) is 5.57 Å². The summed E-state index contributed by atoms with van der Waals surface area (Å²) in [7, 11) is 0. The summed E-state index contributed by atoms with van der Waals surface area (Å²) < 4.78 is 0. The minimum atomic E-state index is -0.508. The Hall–Kier alpha value is -1.12. The Morgan fingerprint density at radius 2 is 2.00 bits per heavy atom. The molecule has 0 heterocycles. The number of rotatable bonds is 6. The third-order valence-corrected chi connectivity index (χ3v) is 4.62. The van der Waals surface area contributed by atoms with Crippen LogP contribution in [-0.2, 0) is 0 Å². The largest absolute Gasteiger partial charge is 0.392 e. The van der Waals surface area contributed by atoms with Gasteiger partial charge in [-0.2, -0.15) is 0 Å². The summed E-state index contributed by atoms with van der Waals surface area (Å²) in [5.74, 6) is 0.0659. The second-order valence-corrected chi connectivity index (χ2v) is 7.13. The summed E-state index contributed by atoms with van der Waals surface area (Å²) >= 11 is 0. The molecule has 0 amide bonds. The summed E-state index contributed by atoms with van der Waals surface area (Å²) in [5, 5.41) is 19.0. The Kier molecular flexibility index (Phi) is 7.31. The molecule has 1 rings (SSSR count). The molecule has 2 N–H and O–H groups in total. The molecule has 1 aliphatic carbocycles. The molecule has 2 atom stereocenters. The van der Waals surface area contributed by atoms with Crippen molar-refractivity contribution < 1.29 is 10.2 Å². The first-order valence-electron chi connectivity index (χ1n) is 8.30. The van der Waals surface area contributed by atoms with Crippen LogP contribution >= 0.6 is 0 Å². The van der Waals surface area contributed by atoms with E-state index in [9.17, 15) is 5.11 Å². The molecule has 124 valence electrons. The normalized spacial score (nSPS) is 22.6. The quantitative estimate of drug-likeness (QED) is 0.706. The van der Waals surface area contributed by atoms with Crippen LogP contribution in [0.1, 0.15) is 53.9 Å². The van der Waals surface area contributed by atoms with E-state index in [-0.39, 0.29) is 17.9 Å². The predicted octanol–water partition coefficient (Wildman–Crippen LogP) is 4.56. The Labute approximate surface area is 135 Å². The molecule has 2 heteroatoms. The summed E-state index contributed by atoms with van der Waals surface area (Å²) in [6.07, 6.45) is 12.9. The van der Waals surface area contributed by atoms with Gasteiger partial charge in [-0.3, -0.25) is 0 Å². The van der Waals surface area contributed by atoms with Crippen LogP contribution in [0.2, 0.25) is 0 Å². The Morgan fingerprint density at radius 1 is 1.32 bits per heavy atom. The van der Waals surface area contributed by atoms with Crippen molar-refractivity contribution in [3.8, 4) is 0 Å². The van der Waals surface area contributed by atoms with Gasteiger partial charge in [0.05, 0.1) is 12.7 Å². The van der Waals surface area contributed by atoms with Gasteiger partial charge in [-0.25, -0.2) is 0 Å². The van der Waals surface area contributed by atoms with Crippen LogP contribution in [0.3, 0.4) is 0 Å². The highest BCUT2D eigenvalue weighted by molar-refractivity contribution is 5.33. The third kappa shape index (κ3) is 5.58. The zero-order valence-electron chi connectivity index (χ0n) is 14.8. The standard InChI is InChI=1S/C20H32O2/c1-15(12-14-21)8-11-19(22)17(3)9-10-18-16(2)7-6-13-20(18,4)5/h8-12,17,19,21-22H,6-7,13-14H2,1-5H3/b10-9+,11-8+,15-12-/t17-,19+/m0/s1. The fourth-order valence-electron chi connectivity index (χ4n) is 3.01. The molecule has 0 saturated heterocycles. The Bertz CT molecular complexity index is 478. The lowest BCUT2D eigenvalue weighted by Crippen LogP contribution is -2.19. The van der Waals surface area contributed by atoms with Gasteiger partial charge < -0.3 is 10.2 Å². The van der Waals surface area contributed by atoms with E-state index in [2.05, 4.69) is 32.9 Å². The molecule has 0 aromatic carbocycles. The van der Waals surface area contributed by atoms with E-state index < -0.39 is 6.10 Å². The summed E-state index contributed by atoms with van der Waals surface area (Å²) in [6.45, 7) is 10.8. The first-order chi connectivity index (χ1) is 10.3. The van der Waals surface area contributed by atoms with E-state index >= 15 is 0 Å². The van der Waals surface area contributed by atoms with Gasteiger partial charge in [0.25, 0.3) is 0 Å². The number of aliphatic hydroxyl groups is 2. The van der Waals surface area contributed by atoms with E-state index in [1.54, 1.807) is 12.2 Å². The number of hydrogen-bond acceptors (Lipinski definition) is 2. The molecule has 1 aliphatic rings. The van der Waals surface area contributed by atoms with Crippen LogP contribution in [0.15, 0.2) is 47.1 Å². The molecule has 0 aliphatic heterocycles. The van der Waals surface area contributed by atoms with Gasteiger partial charge in [0.1, 0.15) is 0 Å². The molecular formula is C20H32O2. The van der Waals surface area contributed by atoms with Crippen molar-refractivity contribution in [1.29, 1.82) is 0 Å². The number of aliphatic hydroxyl groups excluding tert-OH is 2. The molecule has 0 aromatic heterocycles. The van der Waals surface area contributed by atoms with Crippen LogP contribution in [0.4, 0.5) is 0 Å². The van der Waals surface area contributed by atoms with Gasteiger partial charge in [-0.1, -0.05) is 62.3 Å². The monoisotopic (exact) mass is 304 g/mol. The summed E-state index contributed by atoms with van der Waals surface area (Å²) in [4.78, 5) is 0. The lowest BCUT2D eigenvalue weighted by atomic mass is 9.72. The van der Waals surface area contributed by atoms with Crippen molar-refractivity contribution in [2.45, 2.75) is 60.0 Å². The van der Waals surface area contributed by atoms with Crippen LogP contribution in [0.5, 0.6) is 0 Å². The van der Waals surface area contributed by atoms with Gasteiger partial charge in [0.15, 0.2) is 0 Å². The van der Waals surface area contributed by atoms with Gasteiger partial charge >= 0.3 is 0 Å². The van der Waals surface area contributed by atoms with Crippen molar-refractivity contribution >= 4 is 0 Å². The van der Waals surface area contributed by atoms with Crippen molar-refractivity contribution in [2.75, 3.05) is 6.61 Å². The van der Waals surface area contributed by atoms with Gasteiger partial charge in [-0.05, 0) is 44.1 Å². The molecule has 0 bridgehead atoms. The maximum absolute atomic E-state index is 10.2. The molecule has 0 saturated carbocycles. The lowest BCUT2D eigenvalue weighted by molar-refractivity contribution is 0.185. The summed E-state index contributed by atoms with van der Waals surface area (Å²) in [5.41, 5.74) is 4.11. The molecular weight excluding hydrogens is 272 g/mol. The maximum Gasteiger partial charge on any atom is 0.0784 e. The van der Waals surface area contributed by atoms with Gasteiger partial charge in [0.2, 0.25) is 0 Å². The number of hydrogen-bond donors (Lipinski definition) is 2. The topological polar surface area (TPSA) is 40.5 Å². The first-order valence-corrected chi connectivity index (χ1v) is 8.30. The molecule has 0 unspecified atom stereocenters. The van der Waals surface area contributed by atoms with E-state index in [0.29, 0.717) is 0 Å². The second kappa shape index (κ2) is 8.50. The predicted molar refractivity (Wildman–Crippen MR) is 94.6 cm³/mol. The zero-order chi connectivity index (χ0) is 16.8. The van der Waals surface area contributed by atoms with Crippen LogP contribution in [0.25, 0.3) is 0 Å². The Balaban J connectivity index is 2.75. The highest BCUT2D eigenvalue weighted by Gasteiger charge is 2.26. The van der Waals surface area contributed by atoms with Crippen molar-refractivity contribution in [1.82, 2.24) is 0 Å². The molecule has 0 aromatic rings. The second-order valence-electron chi connectivity index (χ2n) is 7.13. The minimum Gasteiger partial charge on any atom is -0.392 e. The SMILES string of the molecule is CC1=C(/C=C/[C@H](C)[C@H](O)/C=C/C(C)=C\CO)C(C)(C)CCC1. The zero-order valence-corrected chi connectivity index (χ0v) is 14.8. The highest BCUT2D eigenvalue weighted by Crippen LogP contribution is 2.40. The molecule has 22 heavy (non-hydrogen) atoms. The van der Waals surface area contributed by atoms with E-state index in [1.807, 2.05) is 19.9 Å².